The molecule has 1 saturated heterocycles. The largest absolute Gasteiger partial charge is 0.342 e. The summed E-state index contributed by atoms with van der Waals surface area (Å²) in [7, 11) is -3.41. The second kappa shape index (κ2) is 5.82. The monoisotopic (exact) mass is 262 g/mol. The van der Waals surface area contributed by atoms with Crippen LogP contribution in [-0.2, 0) is 14.6 Å². The topological polar surface area (TPSA) is 80.5 Å². The fourth-order valence-corrected chi connectivity index (χ4v) is 3.67. The van der Waals surface area contributed by atoms with Gasteiger partial charge in [0.25, 0.3) is 0 Å². The molecule has 2 unspecified atom stereocenters. The molecular weight excluding hydrogens is 240 g/mol. The van der Waals surface area contributed by atoms with Crippen molar-refractivity contribution in [3.8, 4) is 0 Å². The van der Waals surface area contributed by atoms with Gasteiger partial charge in [-0.15, -0.1) is 0 Å². The summed E-state index contributed by atoms with van der Waals surface area (Å²) in [5.74, 6) is -0.258. The standard InChI is InChI=1S/C11H22N2O3S/c1-9(5-6-12)17(15,16)10(2)11(14)13-7-3-4-8-13/h9-10H,3-8,12H2,1-2H3. The molecule has 100 valence electrons. The Morgan fingerprint density at radius 1 is 1.29 bits per heavy atom. The lowest BCUT2D eigenvalue weighted by Gasteiger charge is -2.23. The van der Waals surface area contributed by atoms with Crippen LogP contribution in [-0.4, -0.2) is 49.4 Å². The maximum absolute atomic E-state index is 12.1. The third-order valence-corrected chi connectivity index (χ3v) is 5.94. The van der Waals surface area contributed by atoms with E-state index < -0.39 is 20.3 Å². The molecule has 6 heteroatoms. The summed E-state index contributed by atoms with van der Waals surface area (Å²) in [4.78, 5) is 13.7. The van der Waals surface area contributed by atoms with Crippen molar-refractivity contribution >= 4 is 15.7 Å². The molecule has 0 radical (unpaired) electrons. The second-order valence-corrected chi connectivity index (χ2v) is 7.34. The van der Waals surface area contributed by atoms with Crippen LogP contribution in [0.25, 0.3) is 0 Å². The summed E-state index contributed by atoms with van der Waals surface area (Å²) in [6.45, 7) is 4.80. The van der Waals surface area contributed by atoms with E-state index in [0.717, 1.165) is 12.8 Å². The first-order chi connectivity index (χ1) is 7.91. The molecule has 1 rings (SSSR count). The number of hydrogen-bond acceptors (Lipinski definition) is 4. The first-order valence-electron chi connectivity index (χ1n) is 6.12. The van der Waals surface area contributed by atoms with Crippen LogP contribution in [0.2, 0.25) is 0 Å². The maximum Gasteiger partial charge on any atom is 0.240 e. The molecule has 2 N–H and O–H groups in total. The zero-order valence-electron chi connectivity index (χ0n) is 10.6. The second-order valence-electron chi connectivity index (χ2n) is 4.65. The summed E-state index contributed by atoms with van der Waals surface area (Å²) >= 11 is 0. The van der Waals surface area contributed by atoms with Gasteiger partial charge in [0.15, 0.2) is 9.84 Å². The van der Waals surface area contributed by atoms with Gasteiger partial charge in [0.1, 0.15) is 5.25 Å². The number of likely N-dealkylation sites (tertiary alicyclic amines) is 1. The molecule has 0 aromatic rings. The normalized spacial score (nSPS) is 20.3. The number of amides is 1. The number of nitrogens with two attached hydrogens (primary N) is 1. The van der Waals surface area contributed by atoms with Gasteiger partial charge in [-0.3, -0.25) is 4.79 Å². The van der Waals surface area contributed by atoms with Crippen molar-refractivity contribution in [2.24, 2.45) is 5.73 Å². The van der Waals surface area contributed by atoms with Crippen molar-refractivity contribution < 1.29 is 13.2 Å². The van der Waals surface area contributed by atoms with Gasteiger partial charge >= 0.3 is 0 Å². The number of sulfone groups is 1. The van der Waals surface area contributed by atoms with Gasteiger partial charge in [-0.25, -0.2) is 8.42 Å². The molecule has 1 heterocycles. The molecule has 5 nitrogen and oxygen atoms in total. The van der Waals surface area contributed by atoms with E-state index in [-0.39, 0.29) is 5.91 Å². The highest BCUT2D eigenvalue weighted by Gasteiger charge is 2.35. The zero-order valence-corrected chi connectivity index (χ0v) is 11.4. The van der Waals surface area contributed by atoms with Crippen molar-refractivity contribution in [2.75, 3.05) is 19.6 Å². The molecule has 0 aromatic carbocycles. The van der Waals surface area contributed by atoms with Crippen molar-refractivity contribution in [2.45, 2.75) is 43.6 Å². The van der Waals surface area contributed by atoms with E-state index in [4.69, 9.17) is 5.73 Å². The lowest BCUT2D eigenvalue weighted by atomic mass is 10.3. The van der Waals surface area contributed by atoms with Gasteiger partial charge in [0.2, 0.25) is 5.91 Å². The molecule has 2 atom stereocenters. The molecule has 0 aromatic heterocycles. The SMILES string of the molecule is CC(CCN)S(=O)(=O)C(C)C(=O)N1CCCC1. The zero-order chi connectivity index (χ0) is 13.1. The maximum atomic E-state index is 12.1. The van der Waals surface area contributed by atoms with Gasteiger partial charge in [-0.1, -0.05) is 0 Å². The van der Waals surface area contributed by atoms with E-state index >= 15 is 0 Å². The average Bonchev–Trinajstić information content (AvgIpc) is 2.80. The van der Waals surface area contributed by atoms with Gasteiger partial charge in [0.05, 0.1) is 5.25 Å². The molecule has 1 aliphatic heterocycles. The Balaban J connectivity index is 2.73. The summed E-state index contributed by atoms with van der Waals surface area (Å²) < 4.78 is 24.2. The van der Waals surface area contributed by atoms with Crippen LogP contribution < -0.4 is 5.73 Å². The van der Waals surface area contributed by atoms with Crippen LogP contribution in [0.4, 0.5) is 0 Å². The number of carbonyl (C=O) groups is 1. The highest BCUT2D eigenvalue weighted by Crippen LogP contribution is 2.17. The Morgan fingerprint density at radius 3 is 2.29 bits per heavy atom. The number of carbonyl (C=O) groups excluding carboxylic acids is 1. The van der Waals surface area contributed by atoms with E-state index in [1.807, 2.05) is 0 Å². The van der Waals surface area contributed by atoms with Crippen LogP contribution in [0.3, 0.4) is 0 Å². The van der Waals surface area contributed by atoms with Gasteiger partial charge in [-0.2, -0.15) is 0 Å². The van der Waals surface area contributed by atoms with E-state index in [2.05, 4.69) is 0 Å². The Kier molecular flexibility index (Phi) is 4.94. The summed E-state index contributed by atoms with van der Waals surface area (Å²) in [6, 6.07) is 0. The third kappa shape index (κ3) is 3.19. The fourth-order valence-electron chi connectivity index (χ4n) is 2.08. The predicted octanol–water partition coefficient (Wildman–Crippen LogP) is 0.149. The van der Waals surface area contributed by atoms with E-state index in [1.54, 1.807) is 11.8 Å². The molecule has 1 amide bonds. The Labute approximate surface area is 103 Å². The van der Waals surface area contributed by atoms with Crippen LogP contribution in [0.1, 0.15) is 33.1 Å². The van der Waals surface area contributed by atoms with Crippen molar-refractivity contribution in [1.82, 2.24) is 4.90 Å². The van der Waals surface area contributed by atoms with E-state index in [9.17, 15) is 13.2 Å². The van der Waals surface area contributed by atoms with Crippen molar-refractivity contribution in [3.63, 3.8) is 0 Å². The van der Waals surface area contributed by atoms with E-state index in [1.165, 1.54) is 6.92 Å². The number of rotatable bonds is 5. The fraction of sp³-hybridized carbons (Fsp3) is 0.909. The third-order valence-electron chi connectivity index (χ3n) is 3.39. The lowest BCUT2D eigenvalue weighted by Crippen LogP contribution is -2.43. The van der Waals surface area contributed by atoms with E-state index in [0.29, 0.717) is 26.1 Å². The summed E-state index contributed by atoms with van der Waals surface area (Å²) in [6.07, 6.45) is 2.34. The van der Waals surface area contributed by atoms with Gasteiger partial charge in [-0.05, 0) is 39.7 Å². The Morgan fingerprint density at radius 2 is 1.82 bits per heavy atom. The van der Waals surface area contributed by atoms with Gasteiger partial charge < -0.3 is 10.6 Å². The molecule has 0 aliphatic carbocycles. The van der Waals surface area contributed by atoms with Crippen molar-refractivity contribution in [1.29, 1.82) is 0 Å². The highest BCUT2D eigenvalue weighted by atomic mass is 32.2. The molecule has 0 spiro atoms. The molecule has 17 heavy (non-hydrogen) atoms. The molecule has 0 bridgehead atoms. The first kappa shape index (κ1) is 14.4. The quantitative estimate of drug-likeness (QED) is 0.764. The summed E-state index contributed by atoms with van der Waals surface area (Å²) in [5, 5.41) is -1.49. The summed E-state index contributed by atoms with van der Waals surface area (Å²) in [5.41, 5.74) is 5.36. The van der Waals surface area contributed by atoms with Crippen LogP contribution in [0.15, 0.2) is 0 Å². The number of nitrogens with zero attached hydrogens (tertiary/aromatic N) is 1. The minimum atomic E-state index is -3.41. The first-order valence-corrected chi connectivity index (χ1v) is 7.73. The minimum absolute atomic E-state index is 0.258. The molecule has 0 saturated carbocycles. The Bertz CT molecular complexity index is 361. The van der Waals surface area contributed by atoms with Gasteiger partial charge in [0, 0.05) is 13.1 Å². The Hall–Kier alpha value is -0.620. The smallest absolute Gasteiger partial charge is 0.240 e. The molecule has 1 aliphatic rings. The minimum Gasteiger partial charge on any atom is -0.342 e. The predicted molar refractivity (Wildman–Crippen MR) is 67.3 cm³/mol. The average molecular weight is 262 g/mol. The molecule has 1 fully saturated rings. The van der Waals surface area contributed by atoms with Crippen LogP contribution >= 0.6 is 0 Å². The highest BCUT2D eigenvalue weighted by molar-refractivity contribution is 7.93. The lowest BCUT2D eigenvalue weighted by molar-refractivity contribution is -0.129. The van der Waals surface area contributed by atoms with Crippen LogP contribution in [0, 0.1) is 0 Å². The number of hydrogen-bond donors (Lipinski definition) is 1. The van der Waals surface area contributed by atoms with Crippen molar-refractivity contribution in [3.05, 3.63) is 0 Å². The van der Waals surface area contributed by atoms with Crippen LogP contribution in [0.5, 0.6) is 0 Å². The molecular formula is C11H22N2O3S.